The summed E-state index contributed by atoms with van der Waals surface area (Å²) in [7, 11) is -3.92. The van der Waals surface area contributed by atoms with E-state index >= 15 is 0 Å². The lowest BCUT2D eigenvalue weighted by Gasteiger charge is -2.28. The second-order valence-electron chi connectivity index (χ2n) is 6.66. The Bertz CT molecular complexity index is 1020. The van der Waals surface area contributed by atoms with Crippen LogP contribution in [0.3, 0.4) is 0 Å². The van der Waals surface area contributed by atoms with E-state index in [0.29, 0.717) is 30.5 Å². The number of ether oxygens (including phenoxy) is 2. The van der Waals surface area contributed by atoms with Crippen LogP contribution in [0, 0.1) is 24.0 Å². The third-order valence-electron chi connectivity index (χ3n) is 4.45. The fourth-order valence-corrected chi connectivity index (χ4v) is 4.23. The molecule has 0 aliphatic carbocycles. The molecule has 1 aliphatic heterocycles. The van der Waals surface area contributed by atoms with Crippen LogP contribution >= 0.6 is 0 Å². The maximum Gasteiger partial charge on any atom is 0.270 e. The van der Waals surface area contributed by atoms with Gasteiger partial charge in [-0.1, -0.05) is 6.07 Å². The van der Waals surface area contributed by atoms with Gasteiger partial charge in [-0.3, -0.25) is 10.1 Å². The van der Waals surface area contributed by atoms with E-state index in [2.05, 4.69) is 19.6 Å². The van der Waals surface area contributed by atoms with Crippen molar-refractivity contribution in [3.63, 3.8) is 0 Å². The number of anilines is 1. The van der Waals surface area contributed by atoms with Crippen molar-refractivity contribution in [3.8, 4) is 5.88 Å². The summed E-state index contributed by atoms with van der Waals surface area (Å²) in [6.07, 6.45) is 0. The number of aryl methyl sites for hydroxylation is 2. The van der Waals surface area contributed by atoms with Crippen LogP contribution in [-0.2, 0) is 14.8 Å². The lowest BCUT2D eigenvalue weighted by Crippen LogP contribution is -2.37. The average Bonchev–Trinajstić information content (AvgIpc) is 2.71. The Morgan fingerprint density at radius 1 is 1.23 bits per heavy atom. The third kappa shape index (κ3) is 5.40. The van der Waals surface area contributed by atoms with E-state index in [4.69, 9.17) is 9.47 Å². The SMILES string of the molecule is Cc1nc(OCCNS(=O)(=O)c2cc([N+](=O)[O-])ccc2C)cc(N2CCOCC2)n1. The summed E-state index contributed by atoms with van der Waals surface area (Å²) in [6, 6.07) is 5.42. The highest BCUT2D eigenvalue weighted by Gasteiger charge is 2.20. The minimum Gasteiger partial charge on any atom is -0.476 e. The number of sulfonamides is 1. The normalized spacial score (nSPS) is 14.5. The van der Waals surface area contributed by atoms with Gasteiger partial charge < -0.3 is 14.4 Å². The number of nitrogens with one attached hydrogen (secondary N) is 1. The van der Waals surface area contributed by atoms with Gasteiger partial charge in [0.1, 0.15) is 18.2 Å². The molecule has 0 amide bonds. The minimum absolute atomic E-state index is 0.0274. The lowest BCUT2D eigenvalue weighted by atomic mass is 10.2. The highest BCUT2D eigenvalue weighted by atomic mass is 32.2. The molecule has 2 aromatic rings. The molecule has 2 heterocycles. The molecule has 1 aromatic heterocycles. The zero-order valence-electron chi connectivity index (χ0n) is 16.7. The van der Waals surface area contributed by atoms with Crippen molar-refractivity contribution in [1.82, 2.24) is 14.7 Å². The maximum absolute atomic E-state index is 12.5. The van der Waals surface area contributed by atoms with Gasteiger partial charge in [-0.15, -0.1) is 0 Å². The zero-order chi connectivity index (χ0) is 21.7. The molecule has 0 radical (unpaired) electrons. The topological polar surface area (TPSA) is 137 Å². The average molecular weight is 437 g/mol. The molecule has 1 N–H and O–H groups in total. The first kappa shape index (κ1) is 21.9. The summed E-state index contributed by atoms with van der Waals surface area (Å²) < 4.78 is 38.4. The number of nitro benzene ring substituents is 1. The van der Waals surface area contributed by atoms with Gasteiger partial charge in [0.25, 0.3) is 5.69 Å². The number of morpholine rings is 1. The number of nitro groups is 1. The molecule has 1 aromatic carbocycles. The summed E-state index contributed by atoms with van der Waals surface area (Å²) in [5.74, 6) is 1.62. The molecule has 0 bridgehead atoms. The predicted octanol–water partition coefficient (Wildman–Crippen LogP) is 1.20. The maximum atomic E-state index is 12.5. The summed E-state index contributed by atoms with van der Waals surface area (Å²) in [6.45, 7) is 6.02. The van der Waals surface area contributed by atoms with Gasteiger partial charge in [-0.2, -0.15) is 4.98 Å². The molecule has 1 saturated heterocycles. The Kier molecular flexibility index (Phi) is 6.80. The molecule has 30 heavy (non-hydrogen) atoms. The van der Waals surface area contributed by atoms with Gasteiger partial charge in [0, 0.05) is 37.8 Å². The minimum atomic E-state index is -3.92. The van der Waals surface area contributed by atoms with Crippen LogP contribution in [0.4, 0.5) is 11.5 Å². The van der Waals surface area contributed by atoms with Gasteiger partial charge in [0.15, 0.2) is 0 Å². The molecule has 0 unspecified atom stereocenters. The van der Waals surface area contributed by atoms with Crippen LogP contribution in [0.15, 0.2) is 29.2 Å². The van der Waals surface area contributed by atoms with Crippen LogP contribution in [0.2, 0.25) is 0 Å². The highest BCUT2D eigenvalue weighted by Crippen LogP contribution is 2.22. The van der Waals surface area contributed by atoms with E-state index in [1.165, 1.54) is 12.1 Å². The molecule has 162 valence electrons. The third-order valence-corrected chi connectivity index (χ3v) is 6.06. The number of non-ortho nitro benzene ring substituents is 1. The van der Waals surface area contributed by atoms with Crippen LogP contribution < -0.4 is 14.4 Å². The second kappa shape index (κ2) is 9.32. The first-order valence-corrected chi connectivity index (χ1v) is 10.8. The number of hydrogen-bond acceptors (Lipinski definition) is 9. The Morgan fingerprint density at radius 2 is 1.97 bits per heavy atom. The van der Waals surface area contributed by atoms with Gasteiger partial charge in [0.2, 0.25) is 15.9 Å². The molecular formula is C18H23N5O6S. The van der Waals surface area contributed by atoms with E-state index in [1.54, 1.807) is 19.9 Å². The molecule has 0 saturated carbocycles. The van der Waals surface area contributed by atoms with E-state index in [9.17, 15) is 18.5 Å². The van der Waals surface area contributed by atoms with Crippen molar-refractivity contribution >= 4 is 21.5 Å². The molecule has 1 aliphatic rings. The van der Waals surface area contributed by atoms with E-state index in [0.717, 1.165) is 25.0 Å². The Morgan fingerprint density at radius 3 is 2.67 bits per heavy atom. The predicted molar refractivity (Wildman–Crippen MR) is 108 cm³/mol. The molecular weight excluding hydrogens is 414 g/mol. The summed E-state index contributed by atoms with van der Waals surface area (Å²) in [5, 5.41) is 10.9. The standard InChI is InChI=1S/C18H23N5O6S/c1-13-3-4-15(23(24)25)11-16(13)30(26,27)19-5-8-29-18-12-17(20-14(2)21-18)22-6-9-28-10-7-22/h3-4,11-12,19H,5-10H2,1-2H3. The quantitative estimate of drug-likeness (QED) is 0.367. The molecule has 3 rings (SSSR count). The zero-order valence-corrected chi connectivity index (χ0v) is 17.5. The monoisotopic (exact) mass is 437 g/mol. The van der Waals surface area contributed by atoms with Gasteiger partial charge >= 0.3 is 0 Å². The summed E-state index contributed by atoms with van der Waals surface area (Å²) in [5.41, 5.74) is 0.125. The largest absolute Gasteiger partial charge is 0.476 e. The molecule has 0 spiro atoms. The molecule has 12 heteroatoms. The fraction of sp³-hybridized carbons (Fsp3) is 0.444. The highest BCUT2D eigenvalue weighted by molar-refractivity contribution is 7.89. The van der Waals surface area contributed by atoms with Crippen LogP contribution in [0.1, 0.15) is 11.4 Å². The Balaban J connectivity index is 1.61. The second-order valence-corrected chi connectivity index (χ2v) is 8.40. The van der Waals surface area contributed by atoms with Crippen molar-refractivity contribution in [2.45, 2.75) is 18.7 Å². The first-order chi connectivity index (χ1) is 14.3. The summed E-state index contributed by atoms with van der Waals surface area (Å²) in [4.78, 5) is 20.9. The van der Waals surface area contributed by atoms with Gasteiger partial charge in [0.05, 0.1) is 23.0 Å². The van der Waals surface area contributed by atoms with Crippen molar-refractivity contribution < 1.29 is 22.8 Å². The van der Waals surface area contributed by atoms with E-state index < -0.39 is 14.9 Å². The lowest BCUT2D eigenvalue weighted by molar-refractivity contribution is -0.385. The molecule has 11 nitrogen and oxygen atoms in total. The van der Waals surface area contributed by atoms with Gasteiger partial charge in [-0.25, -0.2) is 18.1 Å². The van der Waals surface area contributed by atoms with Crippen LogP contribution in [-0.4, -0.2) is 62.8 Å². The van der Waals surface area contributed by atoms with Crippen molar-refractivity contribution in [2.75, 3.05) is 44.4 Å². The number of rotatable bonds is 8. The molecule has 0 atom stereocenters. The number of hydrogen-bond donors (Lipinski definition) is 1. The number of nitrogens with zero attached hydrogens (tertiary/aromatic N) is 4. The fourth-order valence-electron chi connectivity index (χ4n) is 2.95. The van der Waals surface area contributed by atoms with Gasteiger partial charge in [-0.05, 0) is 19.4 Å². The smallest absolute Gasteiger partial charge is 0.270 e. The van der Waals surface area contributed by atoms with Crippen molar-refractivity contribution in [3.05, 3.63) is 45.8 Å². The van der Waals surface area contributed by atoms with Crippen molar-refractivity contribution in [1.29, 1.82) is 0 Å². The summed E-state index contributed by atoms with van der Waals surface area (Å²) >= 11 is 0. The Hall–Kier alpha value is -2.83. The number of aromatic nitrogens is 2. The van der Waals surface area contributed by atoms with E-state index in [-0.39, 0.29) is 23.7 Å². The van der Waals surface area contributed by atoms with Crippen molar-refractivity contribution in [2.24, 2.45) is 0 Å². The first-order valence-electron chi connectivity index (χ1n) is 9.32. The number of benzene rings is 1. The van der Waals surface area contributed by atoms with Crippen LogP contribution in [0.25, 0.3) is 0 Å². The Labute approximate surface area is 174 Å². The molecule has 1 fully saturated rings. The van der Waals surface area contributed by atoms with E-state index in [1.807, 2.05) is 0 Å². The van der Waals surface area contributed by atoms with Crippen LogP contribution in [0.5, 0.6) is 5.88 Å².